The van der Waals surface area contributed by atoms with Gasteiger partial charge in [0, 0.05) is 12.6 Å². The summed E-state index contributed by atoms with van der Waals surface area (Å²) < 4.78 is 5.46. The standard InChI is InChI=1S/C15H24N2O2/c1-12(2)10-13(16)11-17-15(18)8-9-19-14-6-4-3-5-7-14/h3-7,12-13H,8-11,16H2,1-2H3,(H,17,18). The molecule has 0 spiro atoms. The molecule has 0 aromatic heterocycles. The molecule has 0 saturated heterocycles. The first-order valence-electron chi connectivity index (χ1n) is 6.78. The Balaban J connectivity index is 2.11. The number of hydrogen-bond donors (Lipinski definition) is 2. The number of carbonyl (C=O) groups excluding carboxylic acids is 1. The van der Waals surface area contributed by atoms with Crippen LogP contribution in [0.15, 0.2) is 30.3 Å². The molecule has 1 aromatic rings. The van der Waals surface area contributed by atoms with Gasteiger partial charge in [-0.1, -0.05) is 32.0 Å². The van der Waals surface area contributed by atoms with E-state index in [1.165, 1.54) is 0 Å². The maximum Gasteiger partial charge on any atom is 0.223 e. The van der Waals surface area contributed by atoms with Crippen molar-refractivity contribution in [3.8, 4) is 5.75 Å². The number of nitrogens with one attached hydrogen (secondary N) is 1. The highest BCUT2D eigenvalue weighted by Crippen LogP contribution is 2.08. The van der Waals surface area contributed by atoms with E-state index in [0.717, 1.165) is 12.2 Å². The number of amides is 1. The largest absolute Gasteiger partial charge is 0.493 e. The van der Waals surface area contributed by atoms with Crippen LogP contribution in [0.25, 0.3) is 0 Å². The molecule has 0 aliphatic carbocycles. The lowest BCUT2D eigenvalue weighted by Crippen LogP contribution is -2.38. The van der Waals surface area contributed by atoms with Crippen molar-refractivity contribution in [3.05, 3.63) is 30.3 Å². The predicted molar refractivity (Wildman–Crippen MR) is 77.0 cm³/mol. The zero-order valence-electron chi connectivity index (χ0n) is 11.8. The van der Waals surface area contributed by atoms with Crippen molar-refractivity contribution < 1.29 is 9.53 Å². The van der Waals surface area contributed by atoms with Gasteiger partial charge in [0.25, 0.3) is 0 Å². The number of rotatable bonds is 8. The highest BCUT2D eigenvalue weighted by molar-refractivity contribution is 5.76. The molecule has 4 heteroatoms. The van der Waals surface area contributed by atoms with Gasteiger partial charge in [-0.05, 0) is 24.5 Å². The SMILES string of the molecule is CC(C)CC(N)CNC(=O)CCOc1ccccc1. The average molecular weight is 264 g/mol. The zero-order valence-corrected chi connectivity index (χ0v) is 11.8. The quantitative estimate of drug-likeness (QED) is 0.754. The fraction of sp³-hybridized carbons (Fsp3) is 0.533. The summed E-state index contributed by atoms with van der Waals surface area (Å²) in [4.78, 5) is 11.6. The molecule has 1 amide bonds. The van der Waals surface area contributed by atoms with E-state index in [1.54, 1.807) is 0 Å². The highest BCUT2D eigenvalue weighted by atomic mass is 16.5. The number of nitrogens with two attached hydrogens (primary N) is 1. The highest BCUT2D eigenvalue weighted by Gasteiger charge is 2.07. The number of hydrogen-bond acceptors (Lipinski definition) is 3. The number of carbonyl (C=O) groups is 1. The molecule has 1 unspecified atom stereocenters. The molecule has 1 aromatic carbocycles. The van der Waals surface area contributed by atoms with E-state index in [9.17, 15) is 4.79 Å². The number of ether oxygens (including phenoxy) is 1. The van der Waals surface area contributed by atoms with Crippen molar-refractivity contribution >= 4 is 5.91 Å². The number of benzene rings is 1. The minimum Gasteiger partial charge on any atom is -0.493 e. The van der Waals surface area contributed by atoms with E-state index in [0.29, 0.717) is 25.5 Å². The summed E-state index contributed by atoms with van der Waals surface area (Å²) >= 11 is 0. The fourth-order valence-electron chi connectivity index (χ4n) is 1.80. The van der Waals surface area contributed by atoms with Gasteiger partial charge in [-0.2, -0.15) is 0 Å². The Morgan fingerprint density at radius 1 is 1.32 bits per heavy atom. The van der Waals surface area contributed by atoms with Crippen LogP contribution in [0.2, 0.25) is 0 Å². The van der Waals surface area contributed by atoms with Gasteiger partial charge < -0.3 is 15.8 Å². The summed E-state index contributed by atoms with van der Waals surface area (Å²) in [6, 6.07) is 9.50. The predicted octanol–water partition coefficient (Wildman–Crippen LogP) is 1.95. The lowest BCUT2D eigenvalue weighted by atomic mass is 10.0. The van der Waals surface area contributed by atoms with Crippen molar-refractivity contribution in [3.63, 3.8) is 0 Å². The first-order valence-corrected chi connectivity index (χ1v) is 6.78. The van der Waals surface area contributed by atoms with E-state index in [1.807, 2.05) is 30.3 Å². The minimum absolute atomic E-state index is 0.0184. The van der Waals surface area contributed by atoms with Gasteiger partial charge in [-0.15, -0.1) is 0 Å². The van der Waals surface area contributed by atoms with Crippen molar-refractivity contribution in [1.82, 2.24) is 5.32 Å². The fourth-order valence-corrected chi connectivity index (χ4v) is 1.80. The van der Waals surface area contributed by atoms with Gasteiger partial charge in [-0.3, -0.25) is 4.79 Å². The lowest BCUT2D eigenvalue weighted by Gasteiger charge is -2.14. The maximum absolute atomic E-state index is 11.6. The van der Waals surface area contributed by atoms with Gasteiger partial charge in [0.1, 0.15) is 5.75 Å². The molecular formula is C15H24N2O2. The molecule has 0 radical (unpaired) electrons. The minimum atomic E-state index is -0.0184. The van der Waals surface area contributed by atoms with Crippen LogP contribution < -0.4 is 15.8 Å². The molecule has 3 N–H and O–H groups in total. The topological polar surface area (TPSA) is 64.3 Å². The van der Waals surface area contributed by atoms with Crippen molar-refractivity contribution in [2.45, 2.75) is 32.7 Å². The van der Waals surface area contributed by atoms with Crippen LogP contribution in [0.5, 0.6) is 5.75 Å². The molecule has 4 nitrogen and oxygen atoms in total. The van der Waals surface area contributed by atoms with Crippen molar-refractivity contribution in [2.24, 2.45) is 11.7 Å². The molecule has 0 aliphatic rings. The molecule has 0 fully saturated rings. The Kier molecular flexibility index (Phi) is 6.97. The molecule has 106 valence electrons. The Labute approximate surface area is 115 Å². The summed E-state index contributed by atoms with van der Waals surface area (Å²) in [5.74, 6) is 1.32. The van der Waals surface area contributed by atoms with E-state index in [-0.39, 0.29) is 11.9 Å². The molecule has 1 atom stereocenters. The van der Waals surface area contributed by atoms with E-state index < -0.39 is 0 Å². The first-order chi connectivity index (χ1) is 9.08. The van der Waals surface area contributed by atoms with Crippen LogP contribution in [0, 0.1) is 5.92 Å². The third-order valence-corrected chi connectivity index (χ3v) is 2.68. The van der Waals surface area contributed by atoms with E-state index in [4.69, 9.17) is 10.5 Å². The average Bonchev–Trinajstić information content (AvgIpc) is 2.37. The van der Waals surface area contributed by atoms with Gasteiger partial charge in [0.15, 0.2) is 0 Å². The third-order valence-electron chi connectivity index (χ3n) is 2.68. The summed E-state index contributed by atoms with van der Waals surface area (Å²) in [5, 5.41) is 2.83. The van der Waals surface area contributed by atoms with E-state index in [2.05, 4.69) is 19.2 Å². The summed E-state index contributed by atoms with van der Waals surface area (Å²) in [7, 11) is 0. The van der Waals surface area contributed by atoms with Crippen molar-refractivity contribution in [2.75, 3.05) is 13.2 Å². The zero-order chi connectivity index (χ0) is 14.1. The molecular weight excluding hydrogens is 240 g/mol. The Morgan fingerprint density at radius 2 is 2.00 bits per heavy atom. The van der Waals surface area contributed by atoms with Gasteiger partial charge in [0.2, 0.25) is 5.91 Å². The Bertz CT molecular complexity index is 366. The van der Waals surface area contributed by atoms with Gasteiger partial charge >= 0.3 is 0 Å². The summed E-state index contributed by atoms with van der Waals surface area (Å²) in [6.45, 7) is 5.16. The van der Waals surface area contributed by atoms with Crippen LogP contribution in [-0.4, -0.2) is 25.1 Å². The van der Waals surface area contributed by atoms with Crippen molar-refractivity contribution in [1.29, 1.82) is 0 Å². The Hall–Kier alpha value is -1.55. The second kappa shape index (κ2) is 8.53. The molecule has 1 rings (SSSR count). The van der Waals surface area contributed by atoms with Crippen LogP contribution >= 0.6 is 0 Å². The van der Waals surface area contributed by atoms with Crippen LogP contribution in [0.4, 0.5) is 0 Å². The van der Waals surface area contributed by atoms with Crippen LogP contribution in [0.3, 0.4) is 0 Å². The normalized spacial score (nSPS) is 12.2. The monoisotopic (exact) mass is 264 g/mol. The van der Waals surface area contributed by atoms with E-state index >= 15 is 0 Å². The molecule has 0 aliphatic heterocycles. The number of para-hydroxylation sites is 1. The Morgan fingerprint density at radius 3 is 2.63 bits per heavy atom. The summed E-state index contributed by atoms with van der Waals surface area (Å²) in [5.41, 5.74) is 5.90. The third kappa shape index (κ3) is 7.47. The molecule has 0 bridgehead atoms. The summed E-state index contributed by atoms with van der Waals surface area (Å²) in [6.07, 6.45) is 1.27. The van der Waals surface area contributed by atoms with Crippen LogP contribution in [0.1, 0.15) is 26.7 Å². The maximum atomic E-state index is 11.6. The van der Waals surface area contributed by atoms with Gasteiger partial charge in [0.05, 0.1) is 13.0 Å². The molecule has 0 heterocycles. The second-order valence-corrected chi connectivity index (χ2v) is 5.11. The lowest BCUT2D eigenvalue weighted by molar-refractivity contribution is -0.121. The first kappa shape index (κ1) is 15.5. The smallest absolute Gasteiger partial charge is 0.223 e. The second-order valence-electron chi connectivity index (χ2n) is 5.11. The molecule has 0 saturated carbocycles. The van der Waals surface area contributed by atoms with Crippen LogP contribution in [-0.2, 0) is 4.79 Å². The van der Waals surface area contributed by atoms with Gasteiger partial charge in [-0.25, -0.2) is 0 Å². The molecule has 19 heavy (non-hydrogen) atoms.